The smallest absolute Gasteiger partial charge is 0.106 e. The number of anilines is 1. The molecule has 0 saturated carbocycles. The molecule has 2 rings (SSSR count). The van der Waals surface area contributed by atoms with Crippen LogP contribution in [0.4, 0.5) is 5.69 Å². The van der Waals surface area contributed by atoms with E-state index in [9.17, 15) is 0 Å². The Morgan fingerprint density at radius 3 is 2.93 bits per heavy atom. The van der Waals surface area contributed by atoms with Crippen LogP contribution in [0.15, 0.2) is 18.2 Å². The highest BCUT2D eigenvalue weighted by molar-refractivity contribution is 5.80. The van der Waals surface area contributed by atoms with Crippen LogP contribution in [0.3, 0.4) is 0 Å². The van der Waals surface area contributed by atoms with E-state index in [0.29, 0.717) is 0 Å². The highest BCUT2D eigenvalue weighted by Crippen LogP contribution is 2.18. The molecule has 2 aromatic rings. The Balaban J connectivity index is 2.39. The topological polar surface area (TPSA) is 41.9 Å². The molecule has 2 N–H and O–H groups in total. The molecule has 15 heavy (non-hydrogen) atoms. The van der Waals surface area contributed by atoms with Gasteiger partial charge in [0.1, 0.15) is 5.82 Å². The molecule has 0 atom stereocenters. The highest BCUT2D eigenvalue weighted by Gasteiger charge is 2.03. The lowest BCUT2D eigenvalue weighted by molar-refractivity contribution is 0.874. The van der Waals surface area contributed by atoms with Crippen molar-refractivity contribution < 1.29 is 0 Å². The number of nitrogens with one attached hydrogen (secondary N) is 2. The van der Waals surface area contributed by atoms with Gasteiger partial charge in [-0.3, -0.25) is 0 Å². The van der Waals surface area contributed by atoms with E-state index < -0.39 is 0 Å². The van der Waals surface area contributed by atoms with Crippen molar-refractivity contribution in [3.63, 3.8) is 0 Å². The summed E-state index contributed by atoms with van der Waals surface area (Å²) in [6.45, 7) is 2.78. The monoisotopic (exact) mass is 204 g/mol. The standard InChI is InChI=1S/C11H16N4/c1-8-14-10-6-9(13-7-12-2)4-5-11(10)15(8)3/h4-6,12-13H,7H2,1-3H3. The van der Waals surface area contributed by atoms with Crippen LogP contribution < -0.4 is 10.6 Å². The van der Waals surface area contributed by atoms with Crippen LogP contribution in [-0.2, 0) is 7.05 Å². The Bertz CT molecular complexity index is 473. The molecule has 0 unspecified atom stereocenters. The number of fused-ring (bicyclic) bond motifs is 1. The van der Waals surface area contributed by atoms with Gasteiger partial charge in [-0.25, -0.2) is 4.98 Å². The number of hydrogen-bond acceptors (Lipinski definition) is 3. The van der Waals surface area contributed by atoms with Crippen molar-refractivity contribution in [1.82, 2.24) is 14.9 Å². The first-order chi connectivity index (χ1) is 7.22. The molecule has 4 heteroatoms. The molecule has 0 spiro atoms. The lowest BCUT2D eigenvalue weighted by Gasteiger charge is -2.04. The van der Waals surface area contributed by atoms with Gasteiger partial charge in [-0.2, -0.15) is 0 Å². The number of rotatable bonds is 3. The number of imidazole rings is 1. The first-order valence-corrected chi connectivity index (χ1v) is 5.04. The fraction of sp³-hybridized carbons (Fsp3) is 0.364. The summed E-state index contributed by atoms with van der Waals surface area (Å²) in [4.78, 5) is 4.48. The van der Waals surface area contributed by atoms with Crippen LogP contribution in [0, 0.1) is 6.92 Å². The van der Waals surface area contributed by atoms with E-state index >= 15 is 0 Å². The van der Waals surface area contributed by atoms with Crippen LogP contribution in [0.5, 0.6) is 0 Å². The first-order valence-electron chi connectivity index (χ1n) is 5.04. The quantitative estimate of drug-likeness (QED) is 0.744. The van der Waals surface area contributed by atoms with Gasteiger partial charge in [-0.1, -0.05) is 0 Å². The summed E-state index contributed by atoms with van der Waals surface area (Å²) in [6, 6.07) is 6.23. The number of aromatic nitrogens is 2. The Labute approximate surface area is 89.3 Å². The lowest BCUT2D eigenvalue weighted by Crippen LogP contribution is -2.16. The van der Waals surface area contributed by atoms with Crippen molar-refractivity contribution in [3.05, 3.63) is 24.0 Å². The normalized spacial score (nSPS) is 10.9. The molecular formula is C11H16N4. The van der Waals surface area contributed by atoms with Gasteiger partial charge in [-0.05, 0) is 32.2 Å². The zero-order valence-corrected chi connectivity index (χ0v) is 9.33. The fourth-order valence-corrected chi connectivity index (χ4v) is 1.62. The maximum atomic E-state index is 4.48. The van der Waals surface area contributed by atoms with Gasteiger partial charge in [0.2, 0.25) is 0 Å². The van der Waals surface area contributed by atoms with Crippen LogP contribution in [0.1, 0.15) is 5.82 Å². The second-order valence-corrected chi connectivity index (χ2v) is 3.63. The number of nitrogens with zero attached hydrogens (tertiary/aromatic N) is 2. The van der Waals surface area contributed by atoms with Crippen molar-refractivity contribution in [2.24, 2.45) is 7.05 Å². The maximum absolute atomic E-state index is 4.48. The molecule has 0 saturated heterocycles. The van der Waals surface area contributed by atoms with E-state index in [2.05, 4.69) is 38.4 Å². The summed E-state index contributed by atoms with van der Waals surface area (Å²) in [7, 11) is 3.95. The minimum absolute atomic E-state index is 0.761. The summed E-state index contributed by atoms with van der Waals surface area (Å²) in [5.41, 5.74) is 3.30. The third-order valence-corrected chi connectivity index (χ3v) is 2.57. The third kappa shape index (κ3) is 1.80. The van der Waals surface area contributed by atoms with Gasteiger partial charge in [0, 0.05) is 12.7 Å². The second kappa shape index (κ2) is 3.90. The van der Waals surface area contributed by atoms with Gasteiger partial charge in [0.05, 0.1) is 17.7 Å². The van der Waals surface area contributed by atoms with Gasteiger partial charge in [-0.15, -0.1) is 0 Å². The predicted molar refractivity (Wildman–Crippen MR) is 63.0 cm³/mol. The van der Waals surface area contributed by atoms with E-state index in [4.69, 9.17) is 0 Å². The van der Waals surface area contributed by atoms with Gasteiger partial charge < -0.3 is 15.2 Å². The van der Waals surface area contributed by atoms with Crippen molar-refractivity contribution in [1.29, 1.82) is 0 Å². The van der Waals surface area contributed by atoms with Gasteiger partial charge in [0.25, 0.3) is 0 Å². The molecule has 0 amide bonds. The average Bonchev–Trinajstić information content (AvgIpc) is 2.52. The zero-order valence-electron chi connectivity index (χ0n) is 9.33. The average molecular weight is 204 g/mol. The van der Waals surface area contributed by atoms with Crippen molar-refractivity contribution in [2.75, 3.05) is 19.0 Å². The van der Waals surface area contributed by atoms with Crippen LogP contribution in [-0.4, -0.2) is 23.3 Å². The number of aryl methyl sites for hydroxylation is 2. The third-order valence-electron chi connectivity index (χ3n) is 2.57. The molecule has 4 nitrogen and oxygen atoms in total. The van der Waals surface area contributed by atoms with Gasteiger partial charge in [0.15, 0.2) is 0 Å². The second-order valence-electron chi connectivity index (χ2n) is 3.63. The van der Waals surface area contributed by atoms with Crippen molar-refractivity contribution >= 4 is 16.7 Å². The molecule has 80 valence electrons. The SMILES string of the molecule is CNCNc1ccc2c(c1)nc(C)n2C. The summed E-state index contributed by atoms with van der Waals surface area (Å²) >= 11 is 0. The predicted octanol–water partition coefficient (Wildman–Crippen LogP) is 1.47. The molecule has 0 aliphatic rings. The molecule has 1 heterocycles. The molecule has 1 aromatic heterocycles. The van der Waals surface area contributed by atoms with E-state index in [1.54, 1.807) is 0 Å². The maximum Gasteiger partial charge on any atom is 0.106 e. The molecule has 0 radical (unpaired) electrons. The highest BCUT2D eigenvalue weighted by atomic mass is 15.1. The lowest BCUT2D eigenvalue weighted by atomic mass is 10.3. The minimum Gasteiger partial charge on any atom is -0.372 e. The van der Waals surface area contributed by atoms with E-state index in [1.807, 2.05) is 21.0 Å². The Hall–Kier alpha value is -1.55. The van der Waals surface area contributed by atoms with Gasteiger partial charge >= 0.3 is 0 Å². The van der Waals surface area contributed by atoms with E-state index in [0.717, 1.165) is 23.7 Å². The molecular weight excluding hydrogens is 188 g/mol. The van der Waals surface area contributed by atoms with Crippen molar-refractivity contribution in [2.45, 2.75) is 6.92 Å². The Morgan fingerprint density at radius 2 is 2.20 bits per heavy atom. The summed E-state index contributed by atoms with van der Waals surface area (Å²) < 4.78 is 2.09. The van der Waals surface area contributed by atoms with Crippen LogP contribution in [0.2, 0.25) is 0 Å². The molecule has 1 aromatic carbocycles. The number of benzene rings is 1. The fourth-order valence-electron chi connectivity index (χ4n) is 1.62. The minimum atomic E-state index is 0.761. The first kappa shape index (κ1) is 9.98. The zero-order chi connectivity index (χ0) is 10.8. The van der Waals surface area contributed by atoms with E-state index in [-0.39, 0.29) is 0 Å². The van der Waals surface area contributed by atoms with Crippen LogP contribution in [0.25, 0.3) is 11.0 Å². The molecule has 0 fully saturated rings. The molecule has 0 aliphatic heterocycles. The summed E-state index contributed by atoms with van der Waals surface area (Å²) in [5.74, 6) is 1.04. The van der Waals surface area contributed by atoms with Crippen LogP contribution >= 0.6 is 0 Å². The van der Waals surface area contributed by atoms with Crippen molar-refractivity contribution in [3.8, 4) is 0 Å². The molecule has 0 bridgehead atoms. The number of hydrogen-bond donors (Lipinski definition) is 2. The largest absolute Gasteiger partial charge is 0.372 e. The van der Waals surface area contributed by atoms with E-state index in [1.165, 1.54) is 5.52 Å². The Kier molecular flexibility index (Phi) is 2.60. The summed E-state index contributed by atoms with van der Waals surface area (Å²) in [5, 5.41) is 6.30. The summed E-state index contributed by atoms with van der Waals surface area (Å²) in [6.07, 6.45) is 0. The Morgan fingerprint density at radius 1 is 1.40 bits per heavy atom. The molecule has 0 aliphatic carbocycles.